The molecule has 1 unspecified atom stereocenters. The lowest BCUT2D eigenvalue weighted by Crippen LogP contribution is -2.56. The third kappa shape index (κ3) is 6.26. The van der Waals surface area contributed by atoms with E-state index in [1.54, 1.807) is 6.92 Å². The van der Waals surface area contributed by atoms with E-state index in [2.05, 4.69) is 16.0 Å². The lowest BCUT2D eigenvalue weighted by Gasteiger charge is -2.27. The second kappa shape index (κ2) is 8.03. The van der Waals surface area contributed by atoms with Gasteiger partial charge in [-0.05, 0) is 30.8 Å². The Morgan fingerprint density at radius 2 is 1.90 bits per heavy atom. The summed E-state index contributed by atoms with van der Waals surface area (Å²) in [4.78, 5) is 11.5. The summed E-state index contributed by atoms with van der Waals surface area (Å²) in [6, 6.07) is 7.61. The monoisotopic (exact) mass is 367 g/mol. The minimum Gasteiger partial charge on any atom is -0.339 e. The SMILES string of the molecule is CCC(=O)NC(NC(=S)Nc1ccccc1C)C(Cl)(Cl)Cl. The molecule has 0 aromatic heterocycles. The Bertz CT molecular complexity index is 520. The van der Waals surface area contributed by atoms with Gasteiger partial charge in [-0.15, -0.1) is 0 Å². The van der Waals surface area contributed by atoms with E-state index >= 15 is 0 Å². The Morgan fingerprint density at radius 1 is 1.29 bits per heavy atom. The van der Waals surface area contributed by atoms with Crippen molar-refractivity contribution in [3.8, 4) is 0 Å². The molecule has 1 amide bonds. The highest BCUT2D eigenvalue weighted by atomic mass is 35.6. The smallest absolute Gasteiger partial charge is 0.228 e. The molecule has 0 saturated heterocycles. The summed E-state index contributed by atoms with van der Waals surface area (Å²) in [5.41, 5.74) is 1.85. The van der Waals surface area contributed by atoms with Crippen molar-refractivity contribution in [3.63, 3.8) is 0 Å². The van der Waals surface area contributed by atoms with Crippen LogP contribution in [0.25, 0.3) is 0 Å². The van der Waals surface area contributed by atoms with Crippen molar-refractivity contribution < 1.29 is 4.79 Å². The molecule has 0 aliphatic carbocycles. The van der Waals surface area contributed by atoms with E-state index in [1.807, 2.05) is 31.2 Å². The second-order valence-electron chi connectivity index (χ2n) is 4.31. The van der Waals surface area contributed by atoms with Crippen LogP contribution in [0.4, 0.5) is 5.69 Å². The molecular formula is C13H16Cl3N3OS. The highest BCUT2D eigenvalue weighted by Crippen LogP contribution is 2.29. The topological polar surface area (TPSA) is 53.2 Å². The molecule has 116 valence electrons. The molecule has 0 bridgehead atoms. The molecule has 0 saturated carbocycles. The van der Waals surface area contributed by atoms with Gasteiger partial charge in [0.1, 0.15) is 6.17 Å². The van der Waals surface area contributed by atoms with E-state index < -0.39 is 9.96 Å². The second-order valence-corrected chi connectivity index (χ2v) is 7.09. The third-order valence-corrected chi connectivity index (χ3v) is 3.50. The molecule has 0 radical (unpaired) electrons. The molecule has 0 spiro atoms. The molecule has 1 rings (SSSR count). The van der Waals surface area contributed by atoms with Crippen molar-refractivity contribution in [1.29, 1.82) is 0 Å². The Kier molecular flexibility index (Phi) is 7.00. The number of carbonyl (C=O) groups excluding carboxylic acids is 1. The molecule has 1 aromatic rings. The minimum atomic E-state index is -1.73. The van der Waals surface area contributed by atoms with Gasteiger partial charge in [0.25, 0.3) is 0 Å². The predicted octanol–water partition coefficient (Wildman–Crippen LogP) is 3.50. The third-order valence-electron chi connectivity index (χ3n) is 2.62. The number of carbonyl (C=O) groups is 1. The van der Waals surface area contributed by atoms with E-state index in [0.29, 0.717) is 0 Å². The maximum atomic E-state index is 11.5. The van der Waals surface area contributed by atoms with Crippen molar-refractivity contribution in [1.82, 2.24) is 10.6 Å². The number of nitrogens with one attached hydrogen (secondary N) is 3. The molecule has 4 nitrogen and oxygen atoms in total. The molecule has 0 aliphatic heterocycles. The summed E-state index contributed by atoms with van der Waals surface area (Å²) in [5, 5.41) is 8.60. The first-order valence-electron chi connectivity index (χ1n) is 6.23. The Morgan fingerprint density at radius 3 is 2.43 bits per heavy atom. The number of aryl methyl sites for hydroxylation is 1. The van der Waals surface area contributed by atoms with Gasteiger partial charge < -0.3 is 16.0 Å². The average molecular weight is 369 g/mol. The number of hydrogen-bond acceptors (Lipinski definition) is 2. The molecule has 1 aromatic carbocycles. The van der Waals surface area contributed by atoms with Crippen molar-refractivity contribution in [2.75, 3.05) is 5.32 Å². The largest absolute Gasteiger partial charge is 0.339 e. The van der Waals surface area contributed by atoms with Gasteiger partial charge in [0, 0.05) is 12.1 Å². The summed E-state index contributed by atoms with van der Waals surface area (Å²) in [6.45, 7) is 3.64. The number of thiocarbonyl (C=S) groups is 1. The first-order chi connectivity index (χ1) is 9.74. The van der Waals surface area contributed by atoms with Gasteiger partial charge in [-0.2, -0.15) is 0 Å². The lowest BCUT2D eigenvalue weighted by atomic mass is 10.2. The van der Waals surface area contributed by atoms with Crippen molar-refractivity contribution in [2.24, 2.45) is 0 Å². The van der Waals surface area contributed by atoms with Crippen molar-refractivity contribution >= 4 is 63.7 Å². The van der Waals surface area contributed by atoms with Gasteiger partial charge in [0.05, 0.1) is 0 Å². The molecule has 3 N–H and O–H groups in total. The normalized spacial score (nSPS) is 12.4. The zero-order chi connectivity index (χ0) is 16.0. The number of benzene rings is 1. The number of hydrogen-bond donors (Lipinski definition) is 3. The molecular weight excluding hydrogens is 353 g/mol. The summed E-state index contributed by atoms with van der Waals surface area (Å²) in [5.74, 6) is -0.252. The maximum Gasteiger partial charge on any atom is 0.228 e. The summed E-state index contributed by atoms with van der Waals surface area (Å²) < 4.78 is -1.73. The predicted molar refractivity (Wildman–Crippen MR) is 93.0 cm³/mol. The number of halogens is 3. The quantitative estimate of drug-likeness (QED) is 0.432. The van der Waals surface area contributed by atoms with Crippen LogP contribution in [0.2, 0.25) is 0 Å². The van der Waals surface area contributed by atoms with Crippen LogP contribution in [0.15, 0.2) is 24.3 Å². The van der Waals surface area contributed by atoms with E-state index in [-0.39, 0.29) is 17.4 Å². The van der Waals surface area contributed by atoms with Crippen LogP contribution in [0, 0.1) is 6.92 Å². The van der Waals surface area contributed by atoms with Crippen LogP contribution in [0.1, 0.15) is 18.9 Å². The fourth-order valence-corrected chi connectivity index (χ4v) is 2.02. The molecule has 0 heterocycles. The Balaban J connectivity index is 2.73. The Labute approximate surface area is 144 Å². The van der Waals surface area contributed by atoms with Crippen LogP contribution in [-0.4, -0.2) is 21.0 Å². The Hall–Kier alpha value is -0.750. The van der Waals surface area contributed by atoms with Crippen LogP contribution in [-0.2, 0) is 4.79 Å². The van der Waals surface area contributed by atoms with Gasteiger partial charge in [-0.3, -0.25) is 4.79 Å². The van der Waals surface area contributed by atoms with Gasteiger partial charge in [0.2, 0.25) is 9.70 Å². The van der Waals surface area contributed by atoms with Crippen LogP contribution in [0.3, 0.4) is 0 Å². The van der Waals surface area contributed by atoms with Gasteiger partial charge in [-0.25, -0.2) is 0 Å². The molecule has 8 heteroatoms. The molecule has 0 fully saturated rings. The highest BCUT2D eigenvalue weighted by Gasteiger charge is 2.34. The number of amides is 1. The lowest BCUT2D eigenvalue weighted by molar-refractivity contribution is -0.121. The average Bonchev–Trinajstić information content (AvgIpc) is 2.39. The number of anilines is 1. The van der Waals surface area contributed by atoms with E-state index in [0.717, 1.165) is 11.3 Å². The molecule has 0 aliphatic rings. The van der Waals surface area contributed by atoms with E-state index in [9.17, 15) is 4.79 Å². The van der Waals surface area contributed by atoms with Gasteiger partial charge in [0.15, 0.2) is 5.11 Å². The number of para-hydroxylation sites is 1. The van der Waals surface area contributed by atoms with Crippen LogP contribution in [0.5, 0.6) is 0 Å². The zero-order valence-electron chi connectivity index (χ0n) is 11.5. The van der Waals surface area contributed by atoms with Crippen molar-refractivity contribution in [2.45, 2.75) is 30.2 Å². The fourth-order valence-electron chi connectivity index (χ4n) is 1.47. The van der Waals surface area contributed by atoms with Crippen LogP contribution < -0.4 is 16.0 Å². The first-order valence-corrected chi connectivity index (χ1v) is 7.77. The summed E-state index contributed by atoms with van der Waals surface area (Å²) in [7, 11) is 0. The number of alkyl halides is 3. The summed E-state index contributed by atoms with van der Waals surface area (Å²) >= 11 is 22.7. The van der Waals surface area contributed by atoms with Crippen LogP contribution >= 0.6 is 47.0 Å². The molecule has 21 heavy (non-hydrogen) atoms. The van der Waals surface area contributed by atoms with Crippen molar-refractivity contribution in [3.05, 3.63) is 29.8 Å². The first kappa shape index (κ1) is 18.3. The summed E-state index contributed by atoms with van der Waals surface area (Å²) in [6.07, 6.45) is -0.657. The minimum absolute atomic E-state index is 0.247. The highest BCUT2D eigenvalue weighted by molar-refractivity contribution is 7.80. The van der Waals surface area contributed by atoms with E-state index in [1.165, 1.54) is 0 Å². The fraction of sp³-hybridized carbons (Fsp3) is 0.385. The standard InChI is InChI=1S/C13H16Cl3N3OS/c1-3-10(20)18-11(13(14,15)16)19-12(21)17-9-7-5-4-6-8(9)2/h4-7,11H,3H2,1-2H3,(H,18,20)(H2,17,19,21). The molecule has 1 atom stereocenters. The van der Waals surface area contributed by atoms with Gasteiger partial charge >= 0.3 is 0 Å². The van der Waals surface area contributed by atoms with Gasteiger partial charge in [-0.1, -0.05) is 59.9 Å². The maximum absolute atomic E-state index is 11.5. The van der Waals surface area contributed by atoms with E-state index in [4.69, 9.17) is 47.0 Å². The zero-order valence-corrected chi connectivity index (χ0v) is 14.6. The number of rotatable bonds is 4.